The fourth-order valence-corrected chi connectivity index (χ4v) is 4.73. The third-order valence-corrected chi connectivity index (χ3v) is 6.14. The zero-order valence-electron chi connectivity index (χ0n) is 14.5. The molecule has 2 aliphatic rings. The molecule has 0 radical (unpaired) electrons. The van der Waals surface area contributed by atoms with Crippen molar-refractivity contribution in [2.24, 2.45) is 0 Å². The standard InChI is InChI=1S/C19H23N3O2S/c1-24-15-7-5-14(6-8-15)19(23)22-11-9-21(10-12-22)13-18-20-16-3-2-4-17(16)25-18/h5-8H,2-4,9-13H2,1H3. The Labute approximate surface area is 152 Å². The number of carbonyl (C=O) groups is 1. The van der Waals surface area contributed by atoms with E-state index in [1.165, 1.54) is 28.4 Å². The van der Waals surface area contributed by atoms with Gasteiger partial charge in [0.15, 0.2) is 0 Å². The van der Waals surface area contributed by atoms with Crippen LogP contribution in [0.4, 0.5) is 0 Å². The first kappa shape index (κ1) is 16.5. The number of amides is 1. The van der Waals surface area contributed by atoms with Gasteiger partial charge in [0, 0.05) is 36.6 Å². The Morgan fingerprint density at radius 2 is 1.92 bits per heavy atom. The van der Waals surface area contributed by atoms with E-state index in [1.807, 2.05) is 40.5 Å². The maximum atomic E-state index is 12.6. The van der Waals surface area contributed by atoms with Crippen LogP contribution in [0.3, 0.4) is 0 Å². The van der Waals surface area contributed by atoms with Gasteiger partial charge in [0.1, 0.15) is 10.8 Å². The molecule has 2 aromatic rings. The molecule has 0 N–H and O–H groups in total. The van der Waals surface area contributed by atoms with Crippen LogP contribution in [-0.4, -0.2) is 54.0 Å². The zero-order chi connectivity index (χ0) is 17.2. The lowest BCUT2D eigenvalue weighted by atomic mass is 10.1. The van der Waals surface area contributed by atoms with Crippen LogP contribution >= 0.6 is 11.3 Å². The summed E-state index contributed by atoms with van der Waals surface area (Å²) in [4.78, 5) is 23.2. The minimum Gasteiger partial charge on any atom is -0.497 e. The predicted molar refractivity (Wildman–Crippen MR) is 98.3 cm³/mol. The SMILES string of the molecule is COc1ccc(C(=O)N2CCN(Cc3nc4c(s3)CCC4)CC2)cc1. The van der Waals surface area contributed by atoms with Gasteiger partial charge in [0.05, 0.1) is 19.3 Å². The molecule has 0 saturated carbocycles. The van der Waals surface area contributed by atoms with Gasteiger partial charge in [-0.3, -0.25) is 9.69 Å². The molecule has 1 saturated heterocycles. The highest BCUT2D eigenvalue weighted by Crippen LogP contribution is 2.28. The molecular weight excluding hydrogens is 334 g/mol. The third-order valence-electron chi connectivity index (χ3n) is 5.00. The number of nitrogens with zero attached hydrogens (tertiary/aromatic N) is 3. The molecular formula is C19H23N3O2S. The monoisotopic (exact) mass is 357 g/mol. The van der Waals surface area contributed by atoms with Gasteiger partial charge >= 0.3 is 0 Å². The van der Waals surface area contributed by atoms with Crippen molar-refractivity contribution >= 4 is 17.2 Å². The summed E-state index contributed by atoms with van der Waals surface area (Å²) in [5.74, 6) is 0.882. The van der Waals surface area contributed by atoms with Gasteiger partial charge in [-0.25, -0.2) is 4.98 Å². The number of methoxy groups -OCH3 is 1. The summed E-state index contributed by atoms with van der Waals surface area (Å²) in [7, 11) is 1.63. The van der Waals surface area contributed by atoms with Crippen molar-refractivity contribution < 1.29 is 9.53 Å². The van der Waals surface area contributed by atoms with Crippen molar-refractivity contribution in [3.8, 4) is 5.75 Å². The second kappa shape index (κ2) is 7.14. The van der Waals surface area contributed by atoms with Gasteiger partial charge in [0.2, 0.25) is 0 Å². The topological polar surface area (TPSA) is 45.7 Å². The second-order valence-corrected chi connectivity index (χ2v) is 7.80. The van der Waals surface area contributed by atoms with Crippen LogP contribution in [-0.2, 0) is 19.4 Å². The minimum absolute atomic E-state index is 0.107. The molecule has 132 valence electrons. The number of rotatable bonds is 4. The van der Waals surface area contributed by atoms with Gasteiger partial charge in [0.25, 0.3) is 5.91 Å². The molecule has 4 rings (SSSR count). The van der Waals surface area contributed by atoms with E-state index in [2.05, 4.69) is 4.90 Å². The molecule has 1 aromatic carbocycles. The number of fused-ring (bicyclic) bond motifs is 1. The van der Waals surface area contributed by atoms with E-state index in [1.54, 1.807) is 7.11 Å². The first-order valence-electron chi connectivity index (χ1n) is 8.86. The number of aryl methyl sites for hydroxylation is 2. The first-order chi connectivity index (χ1) is 12.2. The number of hydrogen-bond acceptors (Lipinski definition) is 5. The van der Waals surface area contributed by atoms with Crippen molar-refractivity contribution in [1.29, 1.82) is 0 Å². The number of hydrogen-bond donors (Lipinski definition) is 0. The summed E-state index contributed by atoms with van der Waals surface area (Å²) >= 11 is 1.88. The maximum absolute atomic E-state index is 12.6. The lowest BCUT2D eigenvalue weighted by Crippen LogP contribution is -2.48. The summed E-state index contributed by atoms with van der Waals surface area (Å²) < 4.78 is 5.15. The minimum atomic E-state index is 0.107. The Kier molecular flexibility index (Phi) is 4.72. The van der Waals surface area contributed by atoms with Crippen LogP contribution in [0, 0.1) is 0 Å². The van der Waals surface area contributed by atoms with Crippen LogP contribution in [0.5, 0.6) is 5.75 Å². The average molecular weight is 357 g/mol. The number of thiazole rings is 1. The molecule has 1 amide bonds. The number of benzene rings is 1. The number of ether oxygens (including phenoxy) is 1. The average Bonchev–Trinajstić information content (AvgIpc) is 3.23. The first-order valence-corrected chi connectivity index (χ1v) is 9.68. The van der Waals surface area contributed by atoms with Gasteiger partial charge < -0.3 is 9.64 Å². The van der Waals surface area contributed by atoms with E-state index >= 15 is 0 Å². The van der Waals surface area contributed by atoms with Crippen molar-refractivity contribution in [1.82, 2.24) is 14.8 Å². The fourth-order valence-electron chi connectivity index (χ4n) is 3.53. The Morgan fingerprint density at radius 1 is 1.16 bits per heavy atom. The largest absolute Gasteiger partial charge is 0.497 e. The number of carbonyl (C=O) groups excluding carboxylic acids is 1. The van der Waals surface area contributed by atoms with E-state index in [9.17, 15) is 4.79 Å². The highest BCUT2D eigenvalue weighted by Gasteiger charge is 2.24. The molecule has 0 unspecified atom stereocenters. The number of piperazine rings is 1. The van der Waals surface area contributed by atoms with E-state index in [0.717, 1.165) is 50.5 Å². The summed E-state index contributed by atoms with van der Waals surface area (Å²) in [6.07, 6.45) is 3.62. The van der Waals surface area contributed by atoms with Crippen molar-refractivity contribution in [2.75, 3.05) is 33.3 Å². The summed E-state index contributed by atoms with van der Waals surface area (Å²) in [5, 5.41) is 1.24. The van der Waals surface area contributed by atoms with Crippen molar-refractivity contribution in [3.05, 3.63) is 45.4 Å². The normalized spacial score (nSPS) is 17.6. The zero-order valence-corrected chi connectivity index (χ0v) is 15.3. The lowest BCUT2D eigenvalue weighted by Gasteiger charge is -2.34. The Morgan fingerprint density at radius 3 is 2.60 bits per heavy atom. The predicted octanol–water partition coefficient (Wildman–Crippen LogP) is 2.60. The molecule has 25 heavy (non-hydrogen) atoms. The Bertz CT molecular complexity index is 727. The third kappa shape index (κ3) is 3.55. The van der Waals surface area contributed by atoms with Crippen LogP contribution in [0.25, 0.3) is 0 Å². The summed E-state index contributed by atoms with van der Waals surface area (Å²) in [6.45, 7) is 4.28. The van der Waals surface area contributed by atoms with E-state index in [4.69, 9.17) is 9.72 Å². The van der Waals surface area contributed by atoms with E-state index in [-0.39, 0.29) is 5.91 Å². The van der Waals surface area contributed by atoms with Gasteiger partial charge in [-0.1, -0.05) is 0 Å². The van der Waals surface area contributed by atoms with Crippen LogP contribution < -0.4 is 4.74 Å². The van der Waals surface area contributed by atoms with Gasteiger partial charge in [-0.2, -0.15) is 0 Å². The van der Waals surface area contributed by atoms with Crippen molar-refractivity contribution in [3.63, 3.8) is 0 Å². The van der Waals surface area contributed by atoms with Crippen molar-refractivity contribution in [2.45, 2.75) is 25.8 Å². The molecule has 0 atom stereocenters. The lowest BCUT2D eigenvalue weighted by molar-refractivity contribution is 0.0628. The van der Waals surface area contributed by atoms with Crippen LogP contribution in [0.2, 0.25) is 0 Å². The number of aromatic nitrogens is 1. The quantitative estimate of drug-likeness (QED) is 0.844. The smallest absolute Gasteiger partial charge is 0.253 e. The van der Waals surface area contributed by atoms with Crippen LogP contribution in [0.15, 0.2) is 24.3 Å². The maximum Gasteiger partial charge on any atom is 0.253 e. The highest BCUT2D eigenvalue weighted by molar-refractivity contribution is 7.11. The fraction of sp³-hybridized carbons (Fsp3) is 0.474. The van der Waals surface area contributed by atoms with Gasteiger partial charge in [-0.15, -0.1) is 11.3 Å². The second-order valence-electron chi connectivity index (χ2n) is 6.63. The molecule has 1 fully saturated rings. The van der Waals surface area contributed by atoms with Crippen LogP contribution in [0.1, 0.15) is 32.4 Å². The molecule has 5 nitrogen and oxygen atoms in total. The Balaban J connectivity index is 1.31. The molecule has 2 heterocycles. The molecule has 0 bridgehead atoms. The summed E-state index contributed by atoms with van der Waals surface area (Å²) in [5.41, 5.74) is 2.05. The Hall–Kier alpha value is -1.92. The molecule has 1 aliphatic carbocycles. The molecule has 6 heteroatoms. The molecule has 1 aliphatic heterocycles. The van der Waals surface area contributed by atoms with Gasteiger partial charge in [-0.05, 0) is 43.5 Å². The highest BCUT2D eigenvalue weighted by atomic mass is 32.1. The molecule has 1 aromatic heterocycles. The van der Waals surface area contributed by atoms with E-state index < -0.39 is 0 Å². The molecule has 0 spiro atoms. The summed E-state index contributed by atoms with van der Waals surface area (Å²) in [6, 6.07) is 7.35. The van der Waals surface area contributed by atoms with E-state index in [0.29, 0.717) is 0 Å².